The van der Waals surface area contributed by atoms with Crippen molar-refractivity contribution >= 4 is 17.4 Å². The Bertz CT molecular complexity index is 1850. The van der Waals surface area contributed by atoms with E-state index in [0.29, 0.717) is 42.4 Å². The first-order valence-corrected chi connectivity index (χ1v) is 16.5. The number of carbonyl (C=O) groups is 1. The Morgan fingerprint density at radius 2 is 1.77 bits per heavy atom. The second-order valence-electron chi connectivity index (χ2n) is 14.2. The minimum absolute atomic E-state index is 0.153. The summed E-state index contributed by atoms with van der Waals surface area (Å²) >= 11 is 0. The molecule has 0 unspecified atom stereocenters. The molecule has 3 aliphatic heterocycles. The van der Waals surface area contributed by atoms with E-state index in [4.69, 9.17) is 24.3 Å². The highest BCUT2D eigenvalue weighted by atomic mass is 16.5. The van der Waals surface area contributed by atoms with Crippen LogP contribution in [0, 0.1) is 20.8 Å². The molecule has 6 bridgehead atoms. The number of anilines is 1. The van der Waals surface area contributed by atoms with E-state index in [1.807, 2.05) is 58.9 Å². The molecule has 2 atom stereocenters. The summed E-state index contributed by atoms with van der Waals surface area (Å²) in [6.45, 7) is 17.7. The van der Waals surface area contributed by atoms with Crippen LogP contribution in [-0.4, -0.2) is 62.7 Å². The van der Waals surface area contributed by atoms with Crippen molar-refractivity contribution in [2.45, 2.75) is 91.6 Å². The Kier molecular flexibility index (Phi) is 8.65. The zero-order valence-corrected chi connectivity index (χ0v) is 28.8. The van der Waals surface area contributed by atoms with Gasteiger partial charge in [-0.25, -0.2) is 9.78 Å². The lowest BCUT2D eigenvalue weighted by atomic mass is 9.92. The molecule has 4 aromatic rings. The largest absolute Gasteiger partial charge is 0.486 e. The predicted octanol–water partition coefficient (Wildman–Crippen LogP) is 7.64. The van der Waals surface area contributed by atoms with Crippen LogP contribution in [0.5, 0.6) is 5.75 Å². The summed E-state index contributed by atoms with van der Waals surface area (Å²) in [7, 11) is 0. The van der Waals surface area contributed by atoms with Gasteiger partial charge in [0.1, 0.15) is 17.7 Å². The molecule has 1 fully saturated rings. The van der Waals surface area contributed by atoms with Gasteiger partial charge in [0.15, 0.2) is 11.8 Å². The number of ether oxygens (including phenoxy) is 3. The number of aryl methyl sites for hydroxylation is 3. The number of aliphatic carboxylic acids is 1. The maximum absolute atomic E-state index is 12.8. The van der Waals surface area contributed by atoms with Crippen molar-refractivity contribution in [3.8, 4) is 28.1 Å². The maximum Gasteiger partial charge on any atom is 0.337 e. The second kappa shape index (κ2) is 12.4. The third kappa shape index (κ3) is 6.78. The van der Waals surface area contributed by atoms with Crippen LogP contribution in [0.4, 0.5) is 5.82 Å². The normalized spacial score (nSPS) is 20.8. The van der Waals surface area contributed by atoms with Gasteiger partial charge in [0.05, 0.1) is 29.1 Å². The van der Waals surface area contributed by atoms with Gasteiger partial charge in [0.25, 0.3) is 0 Å². The summed E-state index contributed by atoms with van der Waals surface area (Å²) in [6, 6.07) is 14.6. The Labute approximate surface area is 277 Å². The fourth-order valence-electron chi connectivity index (χ4n) is 6.48. The standard InChI is InChI=1S/C38H46N4O5/c1-23-19-29-27-12-9-13-28(21-27)30-22-32-39-26(4)33(34(36(43)44)47-37(5,6)7)35(42(32)40-30)41-16-14-38(8,15-17-41)45-18-10-11-25(3)46-31(29)20-24(23)2/h9-13,19-22,25,34H,14-18H2,1-8H3,(H,43,44)/t25-,34-/m0/s1. The zero-order valence-electron chi connectivity index (χ0n) is 28.8. The molecule has 9 nitrogen and oxygen atoms in total. The van der Waals surface area contributed by atoms with E-state index in [9.17, 15) is 9.90 Å². The van der Waals surface area contributed by atoms with Crippen molar-refractivity contribution in [3.63, 3.8) is 0 Å². The van der Waals surface area contributed by atoms with E-state index in [0.717, 1.165) is 46.5 Å². The number of aromatic nitrogens is 3. The zero-order chi connectivity index (χ0) is 33.7. The van der Waals surface area contributed by atoms with Crippen molar-refractivity contribution in [3.05, 3.63) is 77.0 Å². The van der Waals surface area contributed by atoms with Crippen LogP contribution < -0.4 is 9.64 Å². The first-order chi connectivity index (χ1) is 22.2. The molecule has 3 aliphatic rings. The van der Waals surface area contributed by atoms with Crippen LogP contribution in [0.1, 0.15) is 75.9 Å². The minimum atomic E-state index is -1.22. The van der Waals surface area contributed by atoms with Crippen molar-refractivity contribution in [2.75, 3.05) is 24.6 Å². The van der Waals surface area contributed by atoms with Gasteiger partial charge >= 0.3 is 5.97 Å². The summed E-state index contributed by atoms with van der Waals surface area (Å²) in [4.78, 5) is 19.9. The Hall–Kier alpha value is -4.21. The molecule has 2 aromatic carbocycles. The van der Waals surface area contributed by atoms with E-state index in [1.165, 1.54) is 5.56 Å². The first-order valence-electron chi connectivity index (χ1n) is 16.5. The molecule has 0 saturated carbocycles. The fourth-order valence-corrected chi connectivity index (χ4v) is 6.48. The van der Waals surface area contributed by atoms with Crippen LogP contribution in [-0.2, 0) is 14.3 Å². The van der Waals surface area contributed by atoms with Crippen molar-refractivity contribution in [1.29, 1.82) is 0 Å². The first kappa shape index (κ1) is 32.7. The fraction of sp³-hybridized carbons (Fsp3) is 0.447. The summed E-state index contributed by atoms with van der Waals surface area (Å²) in [5, 5.41) is 15.6. The van der Waals surface area contributed by atoms with Crippen LogP contribution in [0.15, 0.2) is 54.6 Å². The van der Waals surface area contributed by atoms with Gasteiger partial charge in [0, 0.05) is 36.0 Å². The lowest BCUT2D eigenvalue weighted by Crippen LogP contribution is -2.45. The van der Waals surface area contributed by atoms with Gasteiger partial charge in [-0.1, -0.05) is 24.3 Å². The Morgan fingerprint density at radius 1 is 1.06 bits per heavy atom. The summed E-state index contributed by atoms with van der Waals surface area (Å²) in [5.74, 6) is 0.455. The second-order valence-corrected chi connectivity index (χ2v) is 14.2. The molecule has 0 spiro atoms. The summed E-state index contributed by atoms with van der Waals surface area (Å²) in [6.07, 6.45) is 4.24. The van der Waals surface area contributed by atoms with E-state index < -0.39 is 17.7 Å². The monoisotopic (exact) mass is 638 g/mol. The predicted molar refractivity (Wildman–Crippen MR) is 184 cm³/mol. The number of carboxylic acids is 1. The molecular formula is C38H46N4O5. The molecule has 0 radical (unpaired) electrons. The molecule has 248 valence electrons. The van der Waals surface area contributed by atoms with Crippen LogP contribution >= 0.6 is 0 Å². The topological polar surface area (TPSA) is 98.4 Å². The van der Waals surface area contributed by atoms with Crippen molar-refractivity contribution in [1.82, 2.24) is 14.6 Å². The van der Waals surface area contributed by atoms with Gasteiger partial charge in [-0.3, -0.25) is 0 Å². The number of piperidine rings is 1. The molecule has 7 rings (SSSR count). The summed E-state index contributed by atoms with van der Waals surface area (Å²) in [5.41, 5.74) is 6.77. The van der Waals surface area contributed by atoms with E-state index in [1.54, 1.807) is 4.52 Å². The maximum atomic E-state index is 12.8. The molecule has 47 heavy (non-hydrogen) atoms. The third-order valence-electron chi connectivity index (χ3n) is 9.20. The lowest BCUT2D eigenvalue weighted by molar-refractivity contribution is -0.160. The van der Waals surface area contributed by atoms with Gasteiger partial charge in [0.2, 0.25) is 0 Å². The van der Waals surface area contributed by atoms with E-state index in [-0.39, 0.29) is 11.7 Å². The Morgan fingerprint density at radius 3 is 2.47 bits per heavy atom. The van der Waals surface area contributed by atoms with Crippen molar-refractivity contribution < 1.29 is 24.1 Å². The lowest BCUT2D eigenvalue weighted by Gasteiger charge is -2.41. The highest BCUT2D eigenvalue weighted by Crippen LogP contribution is 2.40. The number of rotatable bonds is 3. The molecule has 1 N–H and O–H groups in total. The van der Waals surface area contributed by atoms with Crippen LogP contribution in [0.2, 0.25) is 0 Å². The molecule has 0 aliphatic carbocycles. The average molecular weight is 639 g/mol. The smallest absolute Gasteiger partial charge is 0.337 e. The third-order valence-corrected chi connectivity index (χ3v) is 9.20. The highest BCUT2D eigenvalue weighted by Gasteiger charge is 2.37. The number of hydrogen-bond acceptors (Lipinski definition) is 7. The number of nitrogens with zero attached hydrogens (tertiary/aromatic N) is 4. The Balaban J connectivity index is 1.57. The van der Waals surface area contributed by atoms with Crippen LogP contribution in [0.25, 0.3) is 28.0 Å². The summed E-state index contributed by atoms with van der Waals surface area (Å²) < 4.78 is 21.0. The minimum Gasteiger partial charge on any atom is -0.486 e. The van der Waals surface area contributed by atoms with Gasteiger partial charge < -0.3 is 24.2 Å². The molecule has 0 amide bonds. The van der Waals surface area contributed by atoms with Gasteiger partial charge in [-0.05, 0) is 109 Å². The molecular weight excluding hydrogens is 592 g/mol. The number of benzene rings is 2. The molecule has 5 heterocycles. The molecule has 1 saturated heterocycles. The molecule has 9 heteroatoms. The number of hydrogen-bond donors (Lipinski definition) is 1. The molecule has 2 aromatic heterocycles. The van der Waals surface area contributed by atoms with E-state index >= 15 is 0 Å². The van der Waals surface area contributed by atoms with Gasteiger partial charge in [-0.15, -0.1) is 0 Å². The average Bonchev–Trinajstić information content (AvgIpc) is 3.43. The SMILES string of the molecule is Cc1cc2c(cc1C)-c1cccc(c1)-c1cc3nc(C)c([C@H](OC(C)(C)C)C(=O)O)c(n3n1)N1CCC(C)(CC1)OCC=C[C@H](C)O2. The van der Waals surface area contributed by atoms with E-state index in [2.05, 4.69) is 56.0 Å². The highest BCUT2D eigenvalue weighted by molar-refractivity contribution is 5.80. The van der Waals surface area contributed by atoms with Gasteiger partial charge in [-0.2, -0.15) is 9.61 Å². The number of carboxylic acid groups (broad SMARTS) is 1. The quantitative estimate of drug-likeness (QED) is 0.229. The number of fused-ring (bicyclic) bond motifs is 6. The van der Waals surface area contributed by atoms with Crippen molar-refractivity contribution in [2.24, 2.45) is 0 Å². The van der Waals surface area contributed by atoms with Crippen LogP contribution in [0.3, 0.4) is 0 Å².